The average molecular weight is 533 g/mol. The van der Waals surface area contributed by atoms with Crippen LogP contribution in [-0.4, -0.2) is 56.4 Å². The van der Waals surface area contributed by atoms with Crippen molar-refractivity contribution in [2.45, 2.75) is 52.7 Å². The molecule has 2 amide bonds. The number of pyridine rings is 1. The quantitative estimate of drug-likeness (QED) is 0.361. The summed E-state index contributed by atoms with van der Waals surface area (Å²) in [5, 5.41) is 19.1. The van der Waals surface area contributed by atoms with Crippen LogP contribution in [0.3, 0.4) is 0 Å². The van der Waals surface area contributed by atoms with Crippen molar-refractivity contribution in [3.63, 3.8) is 0 Å². The topological polar surface area (TPSA) is 110 Å². The van der Waals surface area contributed by atoms with E-state index in [0.29, 0.717) is 41.5 Å². The molecule has 0 atom stereocenters. The monoisotopic (exact) mass is 532 g/mol. The first kappa shape index (κ1) is 26.4. The van der Waals surface area contributed by atoms with Crippen molar-refractivity contribution in [1.29, 1.82) is 0 Å². The van der Waals surface area contributed by atoms with E-state index in [4.69, 9.17) is 0 Å². The number of rotatable bonds is 5. The molecular formula is C29H33FN6O3. The van der Waals surface area contributed by atoms with E-state index < -0.39 is 11.7 Å². The van der Waals surface area contributed by atoms with Crippen LogP contribution in [-0.2, 0) is 11.3 Å². The summed E-state index contributed by atoms with van der Waals surface area (Å²) in [4.78, 5) is 34.7. The number of amides is 2. The molecule has 2 aliphatic rings. The van der Waals surface area contributed by atoms with Gasteiger partial charge in [0.25, 0.3) is 5.91 Å². The normalized spacial score (nSPS) is 16.7. The lowest BCUT2D eigenvalue weighted by Crippen LogP contribution is -2.63. The van der Waals surface area contributed by atoms with E-state index in [1.807, 2.05) is 36.9 Å². The number of aryl methyl sites for hydroxylation is 1. The molecule has 0 spiro atoms. The van der Waals surface area contributed by atoms with Gasteiger partial charge in [-0.05, 0) is 70.0 Å². The Labute approximate surface area is 227 Å². The molecule has 9 nitrogen and oxygen atoms in total. The van der Waals surface area contributed by atoms with E-state index in [1.54, 1.807) is 13.0 Å². The van der Waals surface area contributed by atoms with Crippen LogP contribution >= 0.6 is 0 Å². The fraction of sp³-hybridized carbons (Fsp3) is 0.345. The Morgan fingerprint density at radius 1 is 1.10 bits per heavy atom. The van der Waals surface area contributed by atoms with Gasteiger partial charge in [0, 0.05) is 31.4 Å². The predicted molar refractivity (Wildman–Crippen MR) is 149 cm³/mol. The Hall–Kier alpha value is -4.18. The number of aromatic nitrogens is 1. The molecule has 4 N–H and O–H groups in total. The molecule has 0 unspecified atom stereocenters. The molecule has 2 aromatic carbocycles. The van der Waals surface area contributed by atoms with Gasteiger partial charge < -0.3 is 26.0 Å². The second-order valence-electron chi connectivity index (χ2n) is 11.1. The number of aromatic hydroxyl groups is 1. The number of piperazine rings is 1. The fourth-order valence-corrected chi connectivity index (χ4v) is 5.65. The van der Waals surface area contributed by atoms with E-state index in [9.17, 15) is 19.1 Å². The number of halogens is 1. The number of phenolic OH excluding ortho intramolecular Hbond substituents is 1. The van der Waals surface area contributed by atoms with Crippen LogP contribution in [0.2, 0.25) is 0 Å². The molecule has 0 saturated carbocycles. The lowest BCUT2D eigenvalue weighted by Gasteiger charge is -2.49. The molecule has 5 rings (SSSR count). The van der Waals surface area contributed by atoms with Crippen molar-refractivity contribution in [2.24, 2.45) is 0 Å². The maximum absolute atomic E-state index is 14.6. The molecule has 3 heterocycles. The number of nitrogens with zero attached hydrogens (tertiary/aromatic N) is 3. The van der Waals surface area contributed by atoms with Gasteiger partial charge in [0.15, 0.2) is 0 Å². The van der Waals surface area contributed by atoms with Gasteiger partial charge in [-0.25, -0.2) is 9.37 Å². The molecule has 204 valence electrons. The minimum atomic E-state index is -0.554. The fourth-order valence-electron chi connectivity index (χ4n) is 5.65. The van der Waals surface area contributed by atoms with E-state index in [-0.39, 0.29) is 34.5 Å². The van der Waals surface area contributed by atoms with E-state index in [2.05, 4.69) is 39.7 Å². The lowest BCUT2D eigenvalue weighted by molar-refractivity contribution is -0.148. The Morgan fingerprint density at radius 2 is 1.87 bits per heavy atom. The summed E-state index contributed by atoms with van der Waals surface area (Å²) in [6.45, 7) is 11.5. The Balaban J connectivity index is 1.38. The Kier molecular flexibility index (Phi) is 6.67. The SMILES string of the molecule is Cc1cc(F)c(Nc2ccnc3c2C(=O)Nc2cc(CN4CC(=O)N(C(C)C)C(C)(C)C4)ccc2N3)cc1O. The second-order valence-corrected chi connectivity index (χ2v) is 11.1. The molecule has 10 heteroatoms. The zero-order chi connectivity index (χ0) is 28.1. The summed E-state index contributed by atoms with van der Waals surface area (Å²) in [7, 11) is 0. The van der Waals surface area contributed by atoms with Crippen LogP contribution in [0.5, 0.6) is 5.75 Å². The van der Waals surface area contributed by atoms with Gasteiger partial charge in [-0.2, -0.15) is 0 Å². The van der Waals surface area contributed by atoms with E-state index >= 15 is 0 Å². The third-order valence-corrected chi connectivity index (χ3v) is 7.13. The van der Waals surface area contributed by atoms with Crippen molar-refractivity contribution < 1.29 is 19.1 Å². The molecule has 1 fully saturated rings. The van der Waals surface area contributed by atoms with Gasteiger partial charge in [0.05, 0.1) is 34.8 Å². The number of hydrogen-bond acceptors (Lipinski definition) is 7. The number of nitrogens with one attached hydrogen (secondary N) is 3. The molecule has 3 aromatic rings. The van der Waals surface area contributed by atoms with Crippen molar-refractivity contribution in [2.75, 3.05) is 29.0 Å². The minimum Gasteiger partial charge on any atom is -0.508 e. The van der Waals surface area contributed by atoms with Gasteiger partial charge in [0.1, 0.15) is 22.9 Å². The highest BCUT2D eigenvalue weighted by Gasteiger charge is 2.39. The second kappa shape index (κ2) is 9.85. The number of fused-ring (bicyclic) bond motifs is 2. The van der Waals surface area contributed by atoms with Gasteiger partial charge in [-0.1, -0.05) is 6.07 Å². The van der Waals surface area contributed by atoms with Crippen molar-refractivity contribution >= 4 is 40.4 Å². The molecule has 1 aromatic heterocycles. The first-order chi connectivity index (χ1) is 18.4. The lowest BCUT2D eigenvalue weighted by atomic mass is 9.96. The first-order valence-corrected chi connectivity index (χ1v) is 12.9. The maximum Gasteiger partial charge on any atom is 0.261 e. The highest BCUT2D eigenvalue weighted by Crippen LogP contribution is 2.37. The third kappa shape index (κ3) is 5.12. The largest absolute Gasteiger partial charge is 0.508 e. The zero-order valence-corrected chi connectivity index (χ0v) is 22.7. The molecule has 0 radical (unpaired) electrons. The van der Waals surface area contributed by atoms with Crippen molar-refractivity contribution in [3.05, 3.63) is 65.1 Å². The summed E-state index contributed by atoms with van der Waals surface area (Å²) < 4.78 is 14.6. The van der Waals surface area contributed by atoms with Crippen LogP contribution < -0.4 is 16.0 Å². The number of benzene rings is 2. The highest BCUT2D eigenvalue weighted by atomic mass is 19.1. The minimum absolute atomic E-state index is 0.0402. The molecule has 2 aliphatic heterocycles. The standard InChI is InChI=1S/C29H33FN6O3/c1-16(2)36-25(38)14-35(15-29(36,4)5)13-18-6-7-20-23(11-18)34-28(39)26-21(8-9-31-27(26)33-20)32-22-12-24(37)17(3)10-19(22)30/h6-12,16,37H,13-15H2,1-5H3,(H,34,39)(H2,31,32,33). The first-order valence-electron chi connectivity index (χ1n) is 12.9. The van der Waals surface area contributed by atoms with E-state index in [0.717, 1.165) is 12.1 Å². The number of phenols is 1. The third-order valence-electron chi connectivity index (χ3n) is 7.13. The Morgan fingerprint density at radius 3 is 2.59 bits per heavy atom. The van der Waals surface area contributed by atoms with Crippen LogP contribution in [0, 0.1) is 12.7 Å². The maximum atomic E-state index is 14.6. The van der Waals surface area contributed by atoms with Crippen molar-refractivity contribution in [1.82, 2.24) is 14.8 Å². The number of carbonyl (C=O) groups excluding carboxylic acids is 2. The van der Waals surface area contributed by atoms with Crippen LogP contribution in [0.15, 0.2) is 42.6 Å². The van der Waals surface area contributed by atoms with Gasteiger partial charge in [0.2, 0.25) is 5.91 Å². The Bertz CT molecular complexity index is 1470. The van der Waals surface area contributed by atoms with E-state index in [1.165, 1.54) is 18.3 Å². The summed E-state index contributed by atoms with van der Waals surface area (Å²) in [6, 6.07) is 9.94. The highest BCUT2D eigenvalue weighted by molar-refractivity contribution is 6.15. The summed E-state index contributed by atoms with van der Waals surface area (Å²) in [5.74, 6) is -0.606. The molecule has 0 aliphatic carbocycles. The number of anilines is 5. The van der Waals surface area contributed by atoms with Crippen LogP contribution in [0.25, 0.3) is 0 Å². The summed E-state index contributed by atoms with van der Waals surface area (Å²) in [5.41, 5.74) is 2.89. The average Bonchev–Trinajstić information content (AvgIpc) is 2.97. The zero-order valence-electron chi connectivity index (χ0n) is 22.7. The summed E-state index contributed by atoms with van der Waals surface area (Å²) in [6.07, 6.45) is 1.52. The number of carbonyl (C=O) groups is 2. The van der Waals surface area contributed by atoms with Crippen LogP contribution in [0.1, 0.15) is 49.2 Å². The molecule has 39 heavy (non-hydrogen) atoms. The number of hydrogen-bond donors (Lipinski definition) is 4. The molecule has 1 saturated heterocycles. The molecule has 0 bridgehead atoms. The van der Waals surface area contributed by atoms with Gasteiger partial charge in [-0.15, -0.1) is 0 Å². The summed E-state index contributed by atoms with van der Waals surface area (Å²) >= 11 is 0. The smallest absolute Gasteiger partial charge is 0.261 e. The van der Waals surface area contributed by atoms with Gasteiger partial charge in [-0.3, -0.25) is 14.5 Å². The van der Waals surface area contributed by atoms with Crippen molar-refractivity contribution in [3.8, 4) is 5.75 Å². The van der Waals surface area contributed by atoms with Gasteiger partial charge >= 0.3 is 0 Å². The van der Waals surface area contributed by atoms with Crippen LogP contribution in [0.4, 0.5) is 33.0 Å². The predicted octanol–water partition coefficient (Wildman–Crippen LogP) is 5.12. The molecular weight excluding hydrogens is 499 g/mol.